The zero-order chi connectivity index (χ0) is 21.3. The largest absolute Gasteiger partial charge is 0.434 e. The topological polar surface area (TPSA) is 64.0 Å². The first-order valence-electron chi connectivity index (χ1n) is 8.10. The minimum atomic E-state index is -4.79. The van der Waals surface area contributed by atoms with E-state index in [1.54, 1.807) is 30.3 Å². The molecule has 0 bridgehead atoms. The van der Waals surface area contributed by atoms with Gasteiger partial charge in [-0.15, -0.1) is 0 Å². The lowest BCUT2D eigenvalue weighted by atomic mass is 10.0. The Bertz CT molecular complexity index is 1100. The number of aryl methyl sites for hydroxylation is 1. The number of anilines is 1. The van der Waals surface area contributed by atoms with Gasteiger partial charge in [0.05, 0.1) is 5.69 Å². The number of carbonyl (C=O) groups excluding carboxylic acids is 2. The molecule has 0 aliphatic carbocycles. The molecule has 0 saturated heterocycles. The minimum Gasteiger partial charge on any atom is -0.320 e. The van der Waals surface area contributed by atoms with Crippen molar-refractivity contribution in [3.8, 4) is 0 Å². The van der Waals surface area contributed by atoms with Gasteiger partial charge in [0.25, 0.3) is 5.91 Å². The summed E-state index contributed by atoms with van der Waals surface area (Å²) in [5, 5.41) is 5.37. The van der Waals surface area contributed by atoms with Crippen LogP contribution in [0, 0.1) is 0 Å². The van der Waals surface area contributed by atoms with E-state index in [1.807, 2.05) is 0 Å². The van der Waals surface area contributed by atoms with E-state index in [9.17, 15) is 22.8 Å². The first-order chi connectivity index (χ1) is 13.6. The Labute approximate surface area is 173 Å². The fourth-order valence-corrected chi connectivity index (χ4v) is 3.22. The zero-order valence-electron chi connectivity index (χ0n) is 14.7. The maximum absolute atomic E-state index is 13.1. The zero-order valence-corrected chi connectivity index (χ0v) is 16.2. The van der Waals surface area contributed by atoms with E-state index in [4.69, 9.17) is 23.2 Å². The lowest BCUT2D eigenvalue weighted by molar-refractivity contribution is -0.143. The molecule has 0 aliphatic heterocycles. The van der Waals surface area contributed by atoms with Gasteiger partial charge in [-0.25, -0.2) is 0 Å². The van der Waals surface area contributed by atoms with Crippen molar-refractivity contribution in [2.45, 2.75) is 6.18 Å². The number of rotatable bonds is 4. The van der Waals surface area contributed by atoms with E-state index in [-0.39, 0.29) is 16.3 Å². The number of hydrogen-bond donors (Lipinski definition) is 1. The highest BCUT2D eigenvalue weighted by Crippen LogP contribution is 2.36. The molecule has 1 aromatic heterocycles. The van der Waals surface area contributed by atoms with Crippen LogP contribution in [0.3, 0.4) is 0 Å². The smallest absolute Gasteiger partial charge is 0.320 e. The highest BCUT2D eigenvalue weighted by Gasteiger charge is 2.40. The molecule has 150 valence electrons. The van der Waals surface area contributed by atoms with Gasteiger partial charge in [-0.1, -0.05) is 53.5 Å². The Kier molecular flexibility index (Phi) is 5.68. The van der Waals surface area contributed by atoms with Crippen molar-refractivity contribution in [1.82, 2.24) is 9.78 Å². The molecule has 0 spiro atoms. The van der Waals surface area contributed by atoms with Crippen LogP contribution in [0.4, 0.5) is 18.9 Å². The van der Waals surface area contributed by atoms with E-state index >= 15 is 0 Å². The summed E-state index contributed by atoms with van der Waals surface area (Å²) in [7, 11) is 1.03. The van der Waals surface area contributed by atoms with Crippen molar-refractivity contribution in [3.05, 3.63) is 81.1 Å². The molecule has 0 aliphatic rings. The maximum atomic E-state index is 13.1. The number of nitrogens with one attached hydrogen (secondary N) is 1. The van der Waals surface area contributed by atoms with Crippen LogP contribution in [0.15, 0.2) is 48.5 Å². The van der Waals surface area contributed by atoms with E-state index < -0.39 is 34.3 Å². The Morgan fingerprint density at radius 1 is 1.07 bits per heavy atom. The van der Waals surface area contributed by atoms with E-state index in [0.717, 1.165) is 7.05 Å². The highest BCUT2D eigenvalue weighted by molar-refractivity contribution is 6.35. The Morgan fingerprint density at radius 2 is 1.72 bits per heavy atom. The third-order valence-electron chi connectivity index (χ3n) is 3.98. The van der Waals surface area contributed by atoms with Crippen LogP contribution in [0.2, 0.25) is 10.0 Å². The van der Waals surface area contributed by atoms with Gasteiger partial charge in [-0.2, -0.15) is 18.3 Å². The molecule has 3 aromatic rings. The van der Waals surface area contributed by atoms with E-state index in [0.29, 0.717) is 10.2 Å². The number of ketones is 1. The van der Waals surface area contributed by atoms with Gasteiger partial charge >= 0.3 is 6.18 Å². The number of hydrogen-bond acceptors (Lipinski definition) is 3. The molecule has 3 rings (SSSR count). The predicted molar refractivity (Wildman–Crippen MR) is 102 cm³/mol. The van der Waals surface area contributed by atoms with E-state index in [1.165, 1.54) is 18.2 Å². The maximum Gasteiger partial charge on any atom is 0.434 e. The van der Waals surface area contributed by atoms with Gasteiger partial charge in [0, 0.05) is 23.2 Å². The summed E-state index contributed by atoms with van der Waals surface area (Å²) in [6.45, 7) is 0. The third kappa shape index (κ3) is 4.28. The van der Waals surface area contributed by atoms with Gasteiger partial charge in [0.15, 0.2) is 17.2 Å². The fraction of sp³-hybridized carbons (Fsp3) is 0.105. The van der Waals surface area contributed by atoms with Crippen LogP contribution < -0.4 is 5.32 Å². The SMILES string of the molecule is Cn1nc(C(=O)Nc2ccc(Cl)cc2C(=O)c2ccccc2)c(Cl)c1C(F)(F)F. The molecule has 2 aromatic carbocycles. The predicted octanol–water partition coefficient (Wildman–Crippen LogP) is 5.23. The van der Waals surface area contributed by atoms with Crippen molar-refractivity contribution in [2.24, 2.45) is 7.05 Å². The third-order valence-corrected chi connectivity index (χ3v) is 4.58. The quantitative estimate of drug-likeness (QED) is 0.563. The van der Waals surface area contributed by atoms with Crippen molar-refractivity contribution >= 4 is 40.6 Å². The lowest BCUT2D eigenvalue weighted by Crippen LogP contribution is -2.16. The second-order valence-corrected chi connectivity index (χ2v) is 6.79. The Hall–Kier alpha value is -2.84. The summed E-state index contributed by atoms with van der Waals surface area (Å²) in [5.41, 5.74) is -1.39. The van der Waals surface area contributed by atoms with Gasteiger partial charge in [0.2, 0.25) is 0 Å². The van der Waals surface area contributed by atoms with Crippen LogP contribution in [0.1, 0.15) is 32.1 Å². The molecule has 0 fully saturated rings. The number of aromatic nitrogens is 2. The lowest BCUT2D eigenvalue weighted by Gasteiger charge is -2.11. The van der Waals surface area contributed by atoms with E-state index in [2.05, 4.69) is 10.4 Å². The molecule has 1 heterocycles. The monoisotopic (exact) mass is 441 g/mol. The molecule has 5 nitrogen and oxygen atoms in total. The second kappa shape index (κ2) is 7.88. The molecular weight excluding hydrogens is 430 g/mol. The van der Waals surface area contributed by atoms with Crippen molar-refractivity contribution in [1.29, 1.82) is 0 Å². The van der Waals surface area contributed by atoms with Gasteiger partial charge in [-0.05, 0) is 18.2 Å². The number of benzene rings is 2. The highest BCUT2D eigenvalue weighted by atomic mass is 35.5. The first kappa shape index (κ1) is 20.9. The van der Waals surface area contributed by atoms with Gasteiger partial charge < -0.3 is 5.32 Å². The van der Waals surface area contributed by atoms with Crippen molar-refractivity contribution in [2.75, 3.05) is 5.32 Å². The number of amides is 1. The van der Waals surface area contributed by atoms with Crippen LogP contribution in [0.25, 0.3) is 0 Å². The Morgan fingerprint density at radius 3 is 2.31 bits per heavy atom. The summed E-state index contributed by atoms with van der Waals surface area (Å²) in [6.07, 6.45) is -4.79. The molecule has 0 saturated carbocycles. The molecule has 0 unspecified atom stereocenters. The van der Waals surface area contributed by atoms with Gasteiger partial charge in [0.1, 0.15) is 5.02 Å². The fourth-order valence-electron chi connectivity index (χ4n) is 2.69. The molecule has 0 radical (unpaired) electrons. The van der Waals surface area contributed by atoms with Crippen molar-refractivity contribution in [3.63, 3.8) is 0 Å². The minimum absolute atomic E-state index is 0.0588. The van der Waals surface area contributed by atoms with Gasteiger partial charge in [-0.3, -0.25) is 14.3 Å². The van der Waals surface area contributed by atoms with Crippen LogP contribution >= 0.6 is 23.2 Å². The summed E-state index contributed by atoms with van der Waals surface area (Å²) in [4.78, 5) is 25.3. The summed E-state index contributed by atoms with van der Waals surface area (Å²) >= 11 is 11.7. The Balaban J connectivity index is 1.98. The molecule has 1 amide bonds. The van der Waals surface area contributed by atoms with Crippen LogP contribution in [0.5, 0.6) is 0 Å². The molecule has 29 heavy (non-hydrogen) atoms. The average Bonchev–Trinajstić information content (AvgIpc) is 2.97. The second-order valence-electron chi connectivity index (χ2n) is 5.97. The molecule has 10 heteroatoms. The summed E-state index contributed by atoms with van der Waals surface area (Å²) in [6, 6.07) is 12.4. The first-order valence-corrected chi connectivity index (χ1v) is 8.85. The molecule has 0 atom stereocenters. The summed E-state index contributed by atoms with van der Waals surface area (Å²) in [5.74, 6) is -1.42. The average molecular weight is 442 g/mol. The number of halogens is 5. The number of alkyl halides is 3. The molecular formula is C19H12Cl2F3N3O2. The van der Waals surface area contributed by atoms with Crippen LogP contribution in [-0.4, -0.2) is 21.5 Å². The number of nitrogens with zero attached hydrogens (tertiary/aromatic N) is 2. The van der Waals surface area contributed by atoms with Crippen LogP contribution in [-0.2, 0) is 13.2 Å². The molecule has 1 N–H and O–H groups in total. The standard InChI is InChI=1S/C19H12Cl2F3N3O2/c1-27-17(19(22,23)24)14(21)15(26-27)18(29)25-13-8-7-11(20)9-12(13)16(28)10-5-3-2-4-6-10/h2-9H,1H3,(H,25,29). The number of carbonyl (C=O) groups is 2. The summed E-state index contributed by atoms with van der Waals surface area (Å²) < 4.78 is 39.7. The van der Waals surface area contributed by atoms with Crippen molar-refractivity contribution < 1.29 is 22.8 Å². The normalized spacial score (nSPS) is 11.4.